The number of carbonyl (C=O) groups excluding carboxylic acids is 2. The maximum atomic E-state index is 12.4. The standard InChI is InChI=1S/C20H32N2O6S/c1-14(2)11-22(12-15(3)4)19(23)13-28-20(24)16(5)21-29(25,26)18-9-7-17(27-6)8-10-18/h7-10,14-16,21H,11-13H2,1-6H3/t16-/m0/s1. The van der Waals surface area contributed by atoms with Crippen LogP contribution in [0.4, 0.5) is 0 Å². The second-order valence-electron chi connectivity index (χ2n) is 7.71. The molecule has 0 heterocycles. The van der Waals surface area contributed by atoms with Crippen molar-refractivity contribution in [1.29, 1.82) is 0 Å². The Labute approximate surface area is 173 Å². The summed E-state index contributed by atoms with van der Waals surface area (Å²) in [5.74, 6) is -0.0371. The Kier molecular flexibility index (Phi) is 9.58. The van der Waals surface area contributed by atoms with E-state index in [1.807, 2.05) is 27.7 Å². The molecule has 1 aromatic carbocycles. The molecule has 1 amide bonds. The largest absolute Gasteiger partial charge is 0.497 e. The van der Waals surface area contributed by atoms with Crippen molar-refractivity contribution in [3.63, 3.8) is 0 Å². The van der Waals surface area contributed by atoms with Crippen LogP contribution in [0.15, 0.2) is 29.2 Å². The molecule has 0 unspecified atom stereocenters. The van der Waals surface area contributed by atoms with Crippen LogP contribution in [-0.4, -0.2) is 58.0 Å². The zero-order valence-corrected chi connectivity index (χ0v) is 18.8. The fourth-order valence-corrected chi connectivity index (χ4v) is 3.80. The first kappa shape index (κ1) is 24.9. The van der Waals surface area contributed by atoms with Crippen LogP contribution in [0.2, 0.25) is 0 Å². The lowest BCUT2D eigenvalue weighted by Gasteiger charge is -2.26. The second kappa shape index (κ2) is 11.2. The molecule has 0 aliphatic carbocycles. The van der Waals surface area contributed by atoms with Gasteiger partial charge in [0.1, 0.15) is 11.8 Å². The highest BCUT2D eigenvalue weighted by Crippen LogP contribution is 2.15. The summed E-state index contributed by atoms with van der Waals surface area (Å²) in [6.45, 7) is 10.1. The van der Waals surface area contributed by atoms with Crippen molar-refractivity contribution < 1.29 is 27.5 Å². The van der Waals surface area contributed by atoms with Crippen LogP contribution in [0.5, 0.6) is 5.75 Å². The third kappa shape index (κ3) is 8.41. The second-order valence-corrected chi connectivity index (χ2v) is 9.43. The third-order valence-electron chi connectivity index (χ3n) is 3.92. The van der Waals surface area contributed by atoms with Crippen LogP contribution >= 0.6 is 0 Å². The van der Waals surface area contributed by atoms with Crippen LogP contribution in [0.25, 0.3) is 0 Å². The van der Waals surface area contributed by atoms with Gasteiger partial charge in [-0.1, -0.05) is 27.7 Å². The summed E-state index contributed by atoms with van der Waals surface area (Å²) in [4.78, 5) is 26.2. The van der Waals surface area contributed by atoms with Crippen molar-refractivity contribution in [2.24, 2.45) is 11.8 Å². The minimum atomic E-state index is -3.92. The predicted octanol–water partition coefficient (Wildman–Crippen LogP) is 2.05. The van der Waals surface area contributed by atoms with E-state index in [1.165, 1.54) is 38.3 Å². The van der Waals surface area contributed by atoms with Crippen molar-refractivity contribution in [3.05, 3.63) is 24.3 Å². The van der Waals surface area contributed by atoms with Crippen molar-refractivity contribution >= 4 is 21.9 Å². The van der Waals surface area contributed by atoms with E-state index in [-0.39, 0.29) is 22.6 Å². The fraction of sp³-hybridized carbons (Fsp3) is 0.600. The van der Waals surface area contributed by atoms with E-state index in [9.17, 15) is 18.0 Å². The normalized spacial score (nSPS) is 12.7. The lowest BCUT2D eigenvalue weighted by Crippen LogP contribution is -2.43. The molecule has 0 saturated carbocycles. The molecular weight excluding hydrogens is 396 g/mol. The Morgan fingerprint density at radius 1 is 1.00 bits per heavy atom. The van der Waals surface area contributed by atoms with Gasteiger partial charge in [0.05, 0.1) is 12.0 Å². The van der Waals surface area contributed by atoms with E-state index in [1.54, 1.807) is 4.90 Å². The van der Waals surface area contributed by atoms with E-state index in [4.69, 9.17) is 9.47 Å². The van der Waals surface area contributed by atoms with Crippen molar-refractivity contribution in [2.45, 2.75) is 45.6 Å². The Morgan fingerprint density at radius 2 is 1.52 bits per heavy atom. The summed E-state index contributed by atoms with van der Waals surface area (Å²) in [5.41, 5.74) is 0. The number of benzene rings is 1. The van der Waals surface area contributed by atoms with Crippen molar-refractivity contribution in [3.8, 4) is 5.75 Å². The minimum absolute atomic E-state index is 0.00549. The lowest BCUT2D eigenvalue weighted by atomic mass is 10.1. The van der Waals surface area contributed by atoms with E-state index >= 15 is 0 Å². The third-order valence-corrected chi connectivity index (χ3v) is 5.47. The number of carbonyl (C=O) groups is 2. The van der Waals surface area contributed by atoms with E-state index in [0.717, 1.165) is 0 Å². The van der Waals surface area contributed by atoms with Gasteiger partial charge in [-0.2, -0.15) is 4.72 Å². The Balaban J connectivity index is 2.67. The molecule has 0 aliphatic rings. The van der Waals surface area contributed by atoms with Gasteiger partial charge in [-0.3, -0.25) is 9.59 Å². The van der Waals surface area contributed by atoms with E-state index < -0.39 is 28.6 Å². The van der Waals surface area contributed by atoms with E-state index in [2.05, 4.69) is 4.72 Å². The van der Waals surface area contributed by atoms with Crippen molar-refractivity contribution in [2.75, 3.05) is 26.8 Å². The molecule has 9 heteroatoms. The first-order valence-electron chi connectivity index (χ1n) is 9.57. The quantitative estimate of drug-likeness (QED) is 0.541. The number of rotatable bonds is 11. The van der Waals surface area contributed by atoms with Crippen LogP contribution in [0.1, 0.15) is 34.6 Å². The summed E-state index contributed by atoms with van der Waals surface area (Å²) in [7, 11) is -2.44. The summed E-state index contributed by atoms with van der Waals surface area (Å²) < 4.78 is 37.1. The maximum Gasteiger partial charge on any atom is 0.324 e. The van der Waals surface area contributed by atoms with Gasteiger partial charge in [0.2, 0.25) is 10.0 Å². The van der Waals surface area contributed by atoms with Crippen molar-refractivity contribution in [1.82, 2.24) is 9.62 Å². The van der Waals surface area contributed by atoms with Gasteiger partial charge in [0.25, 0.3) is 5.91 Å². The average molecular weight is 429 g/mol. The SMILES string of the molecule is COc1ccc(S(=O)(=O)N[C@@H](C)C(=O)OCC(=O)N(CC(C)C)CC(C)C)cc1. The smallest absolute Gasteiger partial charge is 0.324 e. The zero-order valence-electron chi connectivity index (χ0n) is 18.0. The summed E-state index contributed by atoms with van der Waals surface area (Å²) in [5, 5.41) is 0. The molecule has 8 nitrogen and oxygen atoms in total. The molecule has 0 saturated heterocycles. The average Bonchev–Trinajstić information content (AvgIpc) is 2.64. The molecule has 1 rings (SSSR count). The van der Waals surface area contributed by atoms with Crippen LogP contribution in [0, 0.1) is 11.8 Å². The van der Waals surface area contributed by atoms with Gasteiger partial charge >= 0.3 is 5.97 Å². The van der Waals surface area contributed by atoms with Crippen LogP contribution in [0.3, 0.4) is 0 Å². The molecule has 29 heavy (non-hydrogen) atoms. The fourth-order valence-electron chi connectivity index (χ4n) is 2.61. The molecular formula is C20H32N2O6S. The first-order chi connectivity index (χ1) is 13.5. The lowest BCUT2D eigenvalue weighted by molar-refractivity contribution is -0.153. The van der Waals surface area contributed by atoms with Gasteiger partial charge < -0.3 is 14.4 Å². The monoisotopic (exact) mass is 428 g/mol. The number of esters is 1. The predicted molar refractivity (Wildman–Crippen MR) is 110 cm³/mol. The molecule has 0 bridgehead atoms. The molecule has 164 valence electrons. The summed E-state index contributed by atoms with van der Waals surface area (Å²) >= 11 is 0. The van der Waals surface area contributed by atoms with Gasteiger partial charge in [-0.25, -0.2) is 8.42 Å². The van der Waals surface area contributed by atoms with Crippen LogP contribution in [-0.2, 0) is 24.3 Å². The zero-order chi connectivity index (χ0) is 22.2. The molecule has 0 fully saturated rings. The number of nitrogens with zero attached hydrogens (tertiary/aromatic N) is 1. The van der Waals surface area contributed by atoms with E-state index in [0.29, 0.717) is 18.8 Å². The summed E-state index contributed by atoms with van der Waals surface area (Å²) in [6, 6.07) is 4.62. The highest BCUT2D eigenvalue weighted by atomic mass is 32.2. The molecule has 0 radical (unpaired) electrons. The van der Waals surface area contributed by atoms with Gasteiger partial charge in [0, 0.05) is 13.1 Å². The Hall–Kier alpha value is -2.13. The highest BCUT2D eigenvalue weighted by Gasteiger charge is 2.25. The Morgan fingerprint density at radius 3 is 1.97 bits per heavy atom. The van der Waals surface area contributed by atoms with Gasteiger partial charge in [0.15, 0.2) is 6.61 Å². The molecule has 0 spiro atoms. The Bertz CT molecular complexity index is 765. The topological polar surface area (TPSA) is 102 Å². The number of nitrogens with one attached hydrogen (secondary N) is 1. The minimum Gasteiger partial charge on any atom is -0.497 e. The molecule has 0 aliphatic heterocycles. The maximum absolute atomic E-state index is 12.4. The molecule has 1 aromatic rings. The highest BCUT2D eigenvalue weighted by molar-refractivity contribution is 7.89. The summed E-state index contributed by atoms with van der Waals surface area (Å²) in [6.07, 6.45) is 0. The number of amides is 1. The first-order valence-corrected chi connectivity index (χ1v) is 11.0. The molecule has 1 N–H and O–H groups in total. The number of ether oxygens (including phenoxy) is 2. The molecule has 1 atom stereocenters. The number of sulfonamides is 1. The number of hydrogen-bond acceptors (Lipinski definition) is 6. The number of methoxy groups -OCH3 is 1. The van der Waals surface area contributed by atoms with Gasteiger partial charge in [-0.15, -0.1) is 0 Å². The molecule has 0 aromatic heterocycles. The van der Waals surface area contributed by atoms with Gasteiger partial charge in [-0.05, 0) is 43.0 Å². The van der Waals surface area contributed by atoms with Crippen LogP contribution < -0.4 is 9.46 Å². The number of hydrogen-bond donors (Lipinski definition) is 1.